The normalized spacial score (nSPS) is 14.3. The number of nitrogens with zero attached hydrogens (tertiary/aromatic N) is 2. The first-order chi connectivity index (χ1) is 11.4. The fourth-order valence-corrected chi connectivity index (χ4v) is 3.36. The van der Waals surface area contributed by atoms with E-state index in [1.807, 2.05) is 0 Å². The maximum atomic E-state index is 12.0. The predicted octanol–water partition coefficient (Wildman–Crippen LogP) is 3.20. The van der Waals surface area contributed by atoms with Crippen LogP contribution in [0.5, 0.6) is 0 Å². The lowest BCUT2D eigenvalue weighted by molar-refractivity contribution is -0.141. The SMILES string of the molecule is O=C(CN1C(=O)CCC1=O)Nc1nc(-c2cc(Cl)ccc2Cl)cs1. The third kappa shape index (κ3) is 3.58. The van der Waals surface area contributed by atoms with Crippen LogP contribution >= 0.6 is 34.5 Å². The van der Waals surface area contributed by atoms with Crippen molar-refractivity contribution in [2.75, 3.05) is 11.9 Å². The topological polar surface area (TPSA) is 79.4 Å². The highest BCUT2D eigenvalue weighted by molar-refractivity contribution is 7.14. The minimum atomic E-state index is -0.475. The standard InChI is InChI=1S/C15H11Cl2N3O3S/c16-8-1-2-10(17)9(5-8)11-7-24-15(18-11)19-12(21)6-20-13(22)3-4-14(20)23/h1-2,5,7H,3-4,6H2,(H,18,19,21). The maximum absolute atomic E-state index is 12.0. The maximum Gasteiger partial charge on any atom is 0.246 e. The van der Waals surface area contributed by atoms with Crippen LogP contribution in [0.2, 0.25) is 10.0 Å². The molecule has 2 aromatic rings. The van der Waals surface area contributed by atoms with Crippen LogP contribution in [0.1, 0.15) is 12.8 Å². The first kappa shape index (κ1) is 16.9. The van der Waals surface area contributed by atoms with Crippen molar-refractivity contribution in [3.8, 4) is 11.3 Å². The highest BCUT2D eigenvalue weighted by Crippen LogP contribution is 2.32. The lowest BCUT2D eigenvalue weighted by atomic mass is 10.2. The molecule has 6 nitrogen and oxygen atoms in total. The lowest BCUT2D eigenvalue weighted by Gasteiger charge is -2.12. The molecule has 9 heteroatoms. The molecule has 1 saturated heterocycles. The van der Waals surface area contributed by atoms with Crippen LogP contribution in [0.25, 0.3) is 11.3 Å². The van der Waals surface area contributed by atoms with Crippen molar-refractivity contribution in [3.05, 3.63) is 33.6 Å². The van der Waals surface area contributed by atoms with E-state index in [1.165, 1.54) is 11.3 Å². The van der Waals surface area contributed by atoms with E-state index >= 15 is 0 Å². The zero-order chi connectivity index (χ0) is 17.3. The van der Waals surface area contributed by atoms with Crippen molar-refractivity contribution in [1.82, 2.24) is 9.88 Å². The zero-order valence-electron chi connectivity index (χ0n) is 12.2. The molecule has 0 spiro atoms. The third-order valence-electron chi connectivity index (χ3n) is 3.41. The van der Waals surface area contributed by atoms with Crippen molar-refractivity contribution < 1.29 is 14.4 Å². The molecule has 24 heavy (non-hydrogen) atoms. The molecule has 1 fully saturated rings. The average Bonchev–Trinajstić information content (AvgIpc) is 3.11. The van der Waals surface area contributed by atoms with Crippen LogP contribution in [0, 0.1) is 0 Å². The van der Waals surface area contributed by atoms with E-state index in [9.17, 15) is 14.4 Å². The largest absolute Gasteiger partial charge is 0.300 e. The highest BCUT2D eigenvalue weighted by atomic mass is 35.5. The Bertz CT molecular complexity index is 821. The molecular weight excluding hydrogens is 373 g/mol. The Morgan fingerprint density at radius 2 is 1.96 bits per heavy atom. The van der Waals surface area contributed by atoms with Crippen LogP contribution in [0.4, 0.5) is 5.13 Å². The molecule has 0 saturated carbocycles. The van der Waals surface area contributed by atoms with E-state index in [0.717, 1.165) is 4.90 Å². The monoisotopic (exact) mass is 383 g/mol. The summed E-state index contributed by atoms with van der Waals surface area (Å²) in [6, 6.07) is 5.03. The molecule has 0 atom stereocenters. The number of thiazole rings is 1. The molecule has 3 rings (SSSR count). The van der Waals surface area contributed by atoms with Gasteiger partial charge in [-0.15, -0.1) is 11.3 Å². The van der Waals surface area contributed by atoms with Gasteiger partial charge in [0.2, 0.25) is 17.7 Å². The quantitative estimate of drug-likeness (QED) is 0.822. The predicted molar refractivity (Wildman–Crippen MR) is 92.2 cm³/mol. The number of carbonyl (C=O) groups excluding carboxylic acids is 3. The van der Waals surface area contributed by atoms with Crippen LogP contribution in [0.3, 0.4) is 0 Å². The second-order valence-corrected chi connectivity index (χ2v) is 6.79. The van der Waals surface area contributed by atoms with Gasteiger partial charge in [-0.3, -0.25) is 19.3 Å². The number of hydrogen-bond acceptors (Lipinski definition) is 5. The van der Waals surface area contributed by atoms with Crippen LogP contribution in [0.15, 0.2) is 23.6 Å². The summed E-state index contributed by atoms with van der Waals surface area (Å²) in [6.45, 7) is -0.301. The molecule has 1 aliphatic heterocycles. The number of amides is 3. The summed E-state index contributed by atoms with van der Waals surface area (Å²) in [4.78, 5) is 40.3. The Hall–Kier alpha value is -1.96. The number of halogens is 2. The number of benzene rings is 1. The van der Waals surface area contributed by atoms with Gasteiger partial charge in [0.25, 0.3) is 0 Å². The van der Waals surface area contributed by atoms with Crippen LogP contribution < -0.4 is 5.32 Å². The fraction of sp³-hybridized carbons (Fsp3) is 0.200. The Kier molecular flexibility index (Phi) is 4.84. The van der Waals surface area contributed by atoms with Gasteiger partial charge in [-0.25, -0.2) is 4.98 Å². The average molecular weight is 384 g/mol. The van der Waals surface area contributed by atoms with Gasteiger partial charge in [-0.1, -0.05) is 23.2 Å². The van der Waals surface area contributed by atoms with Crippen LogP contribution in [-0.4, -0.2) is 34.2 Å². The molecule has 0 unspecified atom stereocenters. The molecule has 0 aliphatic carbocycles. The van der Waals surface area contributed by atoms with Crippen molar-refractivity contribution >= 4 is 57.4 Å². The summed E-state index contributed by atoms with van der Waals surface area (Å²) in [5, 5.41) is 5.69. The van der Waals surface area contributed by atoms with Gasteiger partial charge in [0, 0.05) is 28.8 Å². The Morgan fingerprint density at radius 3 is 2.67 bits per heavy atom. The number of nitrogens with one attached hydrogen (secondary N) is 1. The molecule has 0 radical (unpaired) electrons. The number of rotatable bonds is 4. The number of anilines is 1. The third-order valence-corrected chi connectivity index (χ3v) is 4.73. The number of aromatic nitrogens is 1. The summed E-state index contributed by atoms with van der Waals surface area (Å²) < 4.78 is 0. The van der Waals surface area contributed by atoms with Gasteiger partial charge >= 0.3 is 0 Å². The number of carbonyl (C=O) groups is 3. The molecular formula is C15H11Cl2N3O3S. The minimum absolute atomic E-state index is 0.154. The number of likely N-dealkylation sites (tertiary alicyclic amines) is 1. The molecule has 1 aromatic carbocycles. The number of imide groups is 1. The van der Waals surface area contributed by atoms with Crippen molar-refractivity contribution in [2.45, 2.75) is 12.8 Å². The van der Waals surface area contributed by atoms with E-state index in [-0.39, 0.29) is 31.2 Å². The van der Waals surface area contributed by atoms with Gasteiger partial charge in [0.15, 0.2) is 5.13 Å². The summed E-state index contributed by atoms with van der Waals surface area (Å²) in [7, 11) is 0. The summed E-state index contributed by atoms with van der Waals surface area (Å²) in [5.74, 6) is -1.14. The van der Waals surface area contributed by atoms with Gasteiger partial charge in [0.1, 0.15) is 6.54 Å². The van der Waals surface area contributed by atoms with Gasteiger partial charge in [-0.05, 0) is 18.2 Å². The van der Waals surface area contributed by atoms with E-state index in [4.69, 9.17) is 23.2 Å². The van der Waals surface area contributed by atoms with Crippen molar-refractivity contribution in [1.29, 1.82) is 0 Å². The molecule has 1 N–H and O–H groups in total. The fourth-order valence-electron chi connectivity index (χ4n) is 2.25. The first-order valence-corrected chi connectivity index (χ1v) is 8.61. The highest BCUT2D eigenvalue weighted by Gasteiger charge is 2.30. The van der Waals surface area contributed by atoms with E-state index in [1.54, 1.807) is 23.6 Å². The Morgan fingerprint density at radius 1 is 1.25 bits per heavy atom. The van der Waals surface area contributed by atoms with Gasteiger partial charge in [0.05, 0.1) is 10.7 Å². The Balaban J connectivity index is 1.70. The molecule has 0 bridgehead atoms. The Labute approximate surface area is 151 Å². The van der Waals surface area contributed by atoms with Crippen molar-refractivity contribution in [3.63, 3.8) is 0 Å². The van der Waals surface area contributed by atoms with E-state index in [2.05, 4.69) is 10.3 Å². The summed E-state index contributed by atoms with van der Waals surface area (Å²) in [6.07, 6.45) is 0.307. The smallest absolute Gasteiger partial charge is 0.246 e. The van der Waals surface area contributed by atoms with Crippen molar-refractivity contribution in [2.24, 2.45) is 0 Å². The second-order valence-electron chi connectivity index (χ2n) is 5.08. The molecule has 1 aliphatic rings. The van der Waals surface area contributed by atoms with E-state index < -0.39 is 5.91 Å². The minimum Gasteiger partial charge on any atom is -0.300 e. The molecule has 3 amide bonds. The lowest BCUT2D eigenvalue weighted by Crippen LogP contribution is -2.36. The first-order valence-electron chi connectivity index (χ1n) is 6.98. The second kappa shape index (κ2) is 6.88. The van der Waals surface area contributed by atoms with Gasteiger partial charge in [-0.2, -0.15) is 0 Å². The molecule has 1 aromatic heterocycles. The van der Waals surface area contributed by atoms with E-state index in [0.29, 0.717) is 26.4 Å². The molecule has 2 heterocycles. The van der Waals surface area contributed by atoms with Gasteiger partial charge < -0.3 is 5.32 Å². The summed E-state index contributed by atoms with van der Waals surface area (Å²) in [5.41, 5.74) is 1.24. The zero-order valence-corrected chi connectivity index (χ0v) is 14.5. The number of hydrogen-bond donors (Lipinski definition) is 1. The summed E-state index contributed by atoms with van der Waals surface area (Å²) >= 11 is 13.3. The van der Waals surface area contributed by atoms with Crippen LogP contribution in [-0.2, 0) is 14.4 Å². The molecule has 124 valence electrons.